The average Bonchev–Trinajstić information content (AvgIpc) is 2.52. The number of ether oxygens (including phenoxy) is 1. The molecule has 0 spiro atoms. The molecule has 21 heavy (non-hydrogen) atoms. The van der Waals surface area contributed by atoms with Gasteiger partial charge in [0.1, 0.15) is 18.2 Å². The largest absolute Gasteiger partial charge is 0.489 e. The summed E-state index contributed by atoms with van der Waals surface area (Å²) in [5.74, 6) is 5.59. The Bertz CT molecular complexity index is 738. The van der Waals surface area contributed by atoms with Gasteiger partial charge >= 0.3 is 0 Å². The Hall–Kier alpha value is -2.82. The lowest BCUT2D eigenvalue weighted by atomic mass is 10.1. The molecule has 0 atom stereocenters. The van der Waals surface area contributed by atoms with Gasteiger partial charge in [0.2, 0.25) is 0 Å². The van der Waals surface area contributed by atoms with Crippen molar-refractivity contribution in [3.63, 3.8) is 0 Å². The van der Waals surface area contributed by atoms with E-state index in [1.807, 2.05) is 6.07 Å². The zero-order chi connectivity index (χ0) is 15.1. The van der Waals surface area contributed by atoms with Crippen molar-refractivity contribution < 1.29 is 9.13 Å². The molecule has 0 unspecified atom stereocenters. The zero-order valence-electron chi connectivity index (χ0n) is 11.3. The maximum Gasteiger partial charge on any atom is 0.131 e. The van der Waals surface area contributed by atoms with E-state index in [2.05, 4.69) is 11.8 Å². The van der Waals surface area contributed by atoms with Gasteiger partial charge in [0, 0.05) is 11.1 Å². The summed E-state index contributed by atoms with van der Waals surface area (Å²) in [6, 6.07) is 13.5. The third-order valence-corrected chi connectivity index (χ3v) is 2.75. The average molecular weight is 280 g/mol. The monoisotopic (exact) mass is 280 g/mol. The van der Waals surface area contributed by atoms with Gasteiger partial charge in [-0.2, -0.15) is 5.26 Å². The van der Waals surface area contributed by atoms with Crippen LogP contribution in [0.2, 0.25) is 0 Å². The minimum absolute atomic E-state index is 0.0886. The molecule has 0 fully saturated rings. The Morgan fingerprint density at radius 1 is 1.14 bits per heavy atom. The summed E-state index contributed by atoms with van der Waals surface area (Å²) in [5.41, 5.74) is 6.77. The van der Waals surface area contributed by atoms with Gasteiger partial charge in [0.05, 0.1) is 18.2 Å². The molecule has 2 N–H and O–H groups in total. The van der Waals surface area contributed by atoms with E-state index in [1.54, 1.807) is 36.4 Å². The van der Waals surface area contributed by atoms with Crippen LogP contribution in [-0.4, -0.2) is 6.54 Å². The van der Waals surface area contributed by atoms with Gasteiger partial charge in [-0.25, -0.2) is 4.39 Å². The fourth-order valence-corrected chi connectivity index (χ4v) is 1.71. The van der Waals surface area contributed by atoms with Crippen molar-refractivity contribution in [2.24, 2.45) is 5.73 Å². The first kappa shape index (κ1) is 14.6. The lowest BCUT2D eigenvalue weighted by Crippen LogP contribution is -1.99. The summed E-state index contributed by atoms with van der Waals surface area (Å²) < 4.78 is 19.4. The Balaban J connectivity index is 2.08. The van der Waals surface area contributed by atoms with Crippen molar-refractivity contribution in [1.82, 2.24) is 0 Å². The predicted octanol–water partition coefficient (Wildman–Crippen LogP) is 2.59. The molecule has 2 aromatic carbocycles. The van der Waals surface area contributed by atoms with Crippen LogP contribution >= 0.6 is 0 Å². The van der Waals surface area contributed by atoms with E-state index in [9.17, 15) is 4.39 Å². The van der Waals surface area contributed by atoms with Gasteiger partial charge in [-0.15, -0.1) is 0 Å². The first-order valence-corrected chi connectivity index (χ1v) is 6.33. The Morgan fingerprint density at radius 3 is 2.71 bits per heavy atom. The van der Waals surface area contributed by atoms with Gasteiger partial charge in [0.25, 0.3) is 0 Å². The lowest BCUT2D eigenvalue weighted by Gasteiger charge is -2.07. The highest BCUT2D eigenvalue weighted by atomic mass is 19.1. The first-order chi connectivity index (χ1) is 10.2. The minimum Gasteiger partial charge on any atom is -0.489 e. The summed E-state index contributed by atoms with van der Waals surface area (Å²) in [6.07, 6.45) is 0. The van der Waals surface area contributed by atoms with Crippen LogP contribution in [0.4, 0.5) is 4.39 Å². The predicted molar refractivity (Wildman–Crippen MR) is 77.8 cm³/mol. The molecule has 3 nitrogen and oxygen atoms in total. The highest BCUT2D eigenvalue weighted by molar-refractivity contribution is 5.38. The molecule has 0 aromatic heterocycles. The maximum atomic E-state index is 13.9. The molecule has 0 bridgehead atoms. The normalized spacial score (nSPS) is 9.38. The van der Waals surface area contributed by atoms with Crippen LogP contribution in [0, 0.1) is 29.0 Å². The highest BCUT2D eigenvalue weighted by Gasteiger charge is 2.04. The summed E-state index contributed by atoms with van der Waals surface area (Å²) in [6.45, 7) is 0.326. The maximum absolute atomic E-state index is 13.9. The summed E-state index contributed by atoms with van der Waals surface area (Å²) in [5, 5.41) is 8.81. The van der Waals surface area contributed by atoms with Gasteiger partial charge in [-0.3, -0.25) is 0 Å². The standard InChI is InChI=1S/C17H13FN2O/c18-17-10-13(4-2-8-19)6-7-15(17)12-21-16-5-1-3-14(9-16)11-20/h1,3,5-7,9-10H,8,12,19H2. The fraction of sp³-hybridized carbons (Fsp3) is 0.118. The number of nitrogens with zero attached hydrogens (tertiary/aromatic N) is 1. The van der Waals surface area contributed by atoms with E-state index in [4.69, 9.17) is 15.7 Å². The van der Waals surface area contributed by atoms with Crippen molar-refractivity contribution >= 4 is 0 Å². The molecule has 2 aromatic rings. The number of hydrogen-bond donors (Lipinski definition) is 1. The van der Waals surface area contributed by atoms with Crippen molar-refractivity contribution in [2.75, 3.05) is 6.54 Å². The number of nitrogens with two attached hydrogens (primary N) is 1. The van der Waals surface area contributed by atoms with Crippen LogP contribution < -0.4 is 10.5 Å². The van der Waals surface area contributed by atoms with Crippen LogP contribution in [0.15, 0.2) is 42.5 Å². The molecule has 0 saturated heterocycles. The molecule has 0 aliphatic heterocycles. The van der Waals surface area contributed by atoms with Crippen molar-refractivity contribution in [1.29, 1.82) is 5.26 Å². The van der Waals surface area contributed by atoms with Crippen LogP contribution in [0.1, 0.15) is 16.7 Å². The van der Waals surface area contributed by atoms with Crippen molar-refractivity contribution in [3.05, 3.63) is 65.0 Å². The molecular weight excluding hydrogens is 267 g/mol. The molecule has 2 rings (SSSR count). The molecule has 4 heteroatoms. The topological polar surface area (TPSA) is 59.0 Å². The zero-order valence-corrected chi connectivity index (χ0v) is 11.3. The van der Waals surface area contributed by atoms with Gasteiger partial charge in [-0.05, 0) is 30.3 Å². The summed E-state index contributed by atoms with van der Waals surface area (Å²) >= 11 is 0. The second kappa shape index (κ2) is 7.09. The van der Waals surface area contributed by atoms with E-state index in [-0.39, 0.29) is 19.0 Å². The molecule has 0 amide bonds. The third-order valence-electron chi connectivity index (χ3n) is 2.75. The number of nitriles is 1. The molecule has 0 radical (unpaired) electrons. The van der Waals surface area contributed by atoms with E-state index >= 15 is 0 Å². The van der Waals surface area contributed by atoms with Crippen LogP contribution in [0.5, 0.6) is 5.75 Å². The van der Waals surface area contributed by atoms with Gasteiger partial charge < -0.3 is 10.5 Å². The van der Waals surface area contributed by atoms with Gasteiger partial charge in [-0.1, -0.05) is 24.0 Å². The number of rotatable bonds is 3. The third kappa shape index (κ3) is 4.07. The highest BCUT2D eigenvalue weighted by Crippen LogP contribution is 2.16. The van der Waals surface area contributed by atoms with Crippen LogP contribution in [0.25, 0.3) is 0 Å². The smallest absolute Gasteiger partial charge is 0.131 e. The SMILES string of the molecule is N#Cc1cccc(OCc2ccc(C#CCN)cc2F)c1. The molecule has 0 heterocycles. The van der Waals surface area contributed by atoms with Crippen LogP contribution in [0.3, 0.4) is 0 Å². The molecule has 0 aliphatic carbocycles. The molecule has 0 aliphatic rings. The Morgan fingerprint density at radius 2 is 2.00 bits per heavy atom. The molecule has 0 saturated carbocycles. The van der Waals surface area contributed by atoms with Crippen molar-refractivity contribution in [2.45, 2.75) is 6.61 Å². The lowest BCUT2D eigenvalue weighted by molar-refractivity contribution is 0.300. The van der Waals surface area contributed by atoms with Crippen molar-refractivity contribution in [3.8, 4) is 23.7 Å². The van der Waals surface area contributed by atoms with E-state index in [0.29, 0.717) is 22.4 Å². The summed E-state index contributed by atoms with van der Waals surface area (Å²) in [7, 11) is 0. The fourth-order valence-electron chi connectivity index (χ4n) is 1.71. The quantitative estimate of drug-likeness (QED) is 0.879. The minimum atomic E-state index is -0.379. The van der Waals surface area contributed by atoms with Gasteiger partial charge in [0.15, 0.2) is 0 Å². The second-order valence-electron chi connectivity index (χ2n) is 4.24. The first-order valence-electron chi connectivity index (χ1n) is 6.33. The number of benzene rings is 2. The van der Waals surface area contributed by atoms with E-state index < -0.39 is 0 Å². The second-order valence-corrected chi connectivity index (χ2v) is 4.24. The van der Waals surface area contributed by atoms with Crippen LogP contribution in [-0.2, 0) is 6.61 Å². The van der Waals surface area contributed by atoms with E-state index in [1.165, 1.54) is 6.07 Å². The van der Waals surface area contributed by atoms with E-state index in [0.717, 1.165) is 0 Å². The number of hydrogen-bond acceptors (Lipinski definition) is 3. The molecular formula is C17H13FN2O. The summed E-state index contributed by atoms with van der Waals surface area (Å²) in [4.78, 5) is 0. The number of halogens is 1. The Kier molecular flexibility index (Phi) is 4.93. The molecule has 104 valence electrons. The Labute approximate surface area is 122 Å².